The minimum Gasteiger partial charge on any atom is -0.460 e. The summed E-state index contributed by atoms with van der Waals surface area (Å²) in [7, 11) is -0.382. The maximum atomic E-state index is 13.4. The summed E-state index contributed by atoms with van der Waals surface area (Å²) >= 11 is 0. The number of nitrogens with zero attached hydrogens (tertiary/aromatic N) is 1. The van der Waals surface area contributed by atoms with E-state index < -0.39 is 22.2 Å². The Bertz CT molecular complexity index is 840. The number of benzene rings is 1. The van der Waals surface area contributed by atoms with E-state index in [0.717, 1.165) is 5.56 Å². The van der Waals surface area contributed by atoms with Gasteiger partial charge in [0.25, 0.3) is 0 Å². The molecule has 0 unspecified atom stereocenters. The average molecular weight is 473 g/mol. The van der Waals surface area contributed by atoms with Gasteiger partial charge in [0.1, 0.15) is 12.2 Å². The Morgan fingerprint density at radius 1 is 1.00 bits per heavy atom. The molecule has 2 aliphatic rings. The fraction of sp³-hybridized carbons (Fsp3) is 0.692. The molecule has 0 atom stereocenters. The molecule has 2 saturated heterocycles. The van der Waals surface area contributed by atoms with E-state index in [4.69, 9.17) is 18.8 Å². The summed E-state index contributed by atoms with van der Waals surface area (Å²) in [5.74, 6) is -0.225. The fourth-order valence-electron chi connectivity index (χ4n) is 4.35. The Kier molecular flexibility index (Phi) is 7.73. The summed E-state index contributed by atoms with van der Waals surface area (Å²) in [5.41, 5.74) is -1.14. The third kappa shape index (κ3) is 6.33. The van der Waals surface area contributed by atoms with Crippen molar-refractivity contribution in [1.29, 1.82) is 0 Å². The molecule has 0 spiro atoms. The number of rotatable bonds is 6. The van der Waals surface area contributed by atoms with Gasteiger partial charge in [0, 0.05) is 13.1 Å². The van der Waals surface area contributed by atoms with E-state index in [-0.39, 0.29) is 25.8 Å². The number of hydrogen-bond acceptors (Lipinski definition) is 6. The third-order valence-electron chi connectivity index (χ3n) is 7.18. The van der Waals surface area contributed by atoms with Crippen LogP contribution >= 0.6 is 0 Å². The first-order valence-electron chi connectivity index (χ1n) is 12.3. The molecule has 0 N–H and O–H groups in total. The summed E-state index contributed by atoms with van der Waals surface area (Å²) < 4.78 is 23.6. The molecule has 1 amide bonds. The van der Waals surface area contributed by atoms with Crippen LogP contribution in [0.1, 0.15) is 73.3 Å². The van der Waals surface area contributed by atoms with Crippen molar-refractivity contribution in [2.24, 2.45) is 5.41 Å². The Morgan fingerprint density at radius 2 is 1.56 bits per heavy atom. The van der Waals surface area contributed by atoms with Gasteiger partial charge in [0.05, 0.1) is 16.6 Å². The minimum absolute atomic E-state index is 0.225. The van der Waals surface area contributed by atoms with Crippen LogP contribution in [0.25, 0.3) is 0 Å². The second-order valence-corrected chi connectivity index (χ2v) is 11.5. The maximum Gasteiger partial charge on any atom is 0.457 e. The number of carbonyl (C=O) groups excluding carboxylic acids is 2. The zero-order valence-electron chi connectivity index (χ0n) is 21.8. The van der Waals surface area contributed by atoms with Gasteiger partial charge in [-0.3, -0.25) is 4.79 Å². The van der Waals surface area contributed by atoms with Crippen LogP contribution in [-0.2, 0) is 30.2 Å². The molecule has 1 aromatic carbocycles. The highest BCUT2D eigenvalue weighted by molar-refractivity contribution is 6.45. The predicted octanol–water partition coefficient (Wildman–Crippen LogP) is 5.23. The lowest BCUT2D eigenvalue weighted by atomic mass is 9.68. The topological polar surface area (TPSA) is 74.3 Å². The fourth-order valence-corrected chi connectivity index (χ4v) is 4.35. The van der Waals surface area contributed by atoms with Gasteiger partial charge < -0.3 is 23.7 Å². The van der Waals surface area contributed by atoms with Crippen LogP contribution in [0.15, 0.2) is 30.3 Å². The van der Waals surface area contributed by atoms with Crippen molar-refractivity contribution in [3.63, 3.8) is 0 Å². The lowest BCUT2D eigenvalue weighted by molar-refractivity contribution is -0.161. The van der Waals surface area contributed by atoms with Crippen molar-refractivity contribution < 1.29 is 28.4 Å². The van der Waals surface area contributed by atoms with Crippen LogP contribution in [0.3, 0.4) is 0 Å². The molecule has 34 heavy (non-hydrogen) atoms. The number of piperidine rings is 1. The van der Waals surface area contributed by atoms with E-state index in [1.807, 2.05) is 78.8 Å². The Balaban J connectivity index is 1.68. The van der Waals surface area contributed by atoms with Crippen LogP contribution in [0.5, 0.6) is 0 Å². The second kappa shape index (κ2) is 9.90. The number of ether oxygens (including phenoxy) is 2. The number of amides is 1. The summed E-state index contributed by atoms with van der Waals surface area (Å²) in [6, 6.07) is 9.67. The van der Waals surface area contributed by atoms with E-state index in [0.29, 0.717) is 38.7 Å². The van der Waals surface area contributed by atoms with Gasteiger partial charge in [-0.05, 0) is 79.6 Å². The molecule has 0 radical (unpaired) electrons. The Hall–Kier alpha value is -2.06. The third-order valence-corrected chi connectivity index (χ3v) is 7.18. The Morgan fingerprint density at radius 3 is 2.09 bits per heavy atom. The molecule has 0 aromatic heterocycles. The van der Waals surface area contributed by atoms with Gasteiger partial charge in [0.15, 0.2) is 0 Å². The molecule has 2 fully saturated rings. The van der Waals surface area contributed by atoms with Crippen molar-refractivity contribution in [2.75, 3.05) is 13.1 Å². The number of likely N-dealkylation sites (tertiary alicyclic amines) is 1. The normalized spacial score (nSPS) is 21.3. The van der Waals surface area contributed by atoms with Gasteiger partial charge in [-0.1, -0.05) is 30.3 Å². The highest BCUT2D eigenvalue weighted by Crippen LogP contribution is 2.43. The smallest absolute Gasteiger partial charge is 0.457 e. The van der Waals surface area contributed by atoms with Gasteiger partial charge in [-0.2, -0.15) is 0 Å². The highest BCUT2D eigenvalue weighted by atomic mass is 16.7. The van der Waals surface area contributed by atoms with Gasteiger partial charge in [-0.25, -0.2) is 4.79 Å². The molecule has 3 rings (SSSR count). The summed E-state index contributed by atoms with van der Waals surface area (Å²) in [4.78, 5) is 27.7. The van der Waals surface area contributed by atoms with Gasteiger partial charge in [0.2, 0.25) is 0 Å². The van der Waals surface area contributed by atoms with Gasteiger partial charge >= 0.3 is 19.2 Å². The van der Waals surface area contributed by atoms with Crippen molar-refractivity contribution in [3.8, 4) is 0 Å². The van der Waals surface area contributed by atoms with Crippen LogP contribution in [0.2, 0.25) is 6.32 Å². The standard InChI is InChI=1S/C26H40BNO6/c1-23(2,3)32-22(30)28-17-14-26(15-18-28,21(29)31-19-20-11-9-8-10-12-20)13-16-27-33-24(4,5)25(6,7)34-27/h8-12H,13-19H2,1-7H3. The predicted molar refractivity (Wildman–Crippen MR) is 131 cm³/mol. The SMILES string of the molecule is CC(C)(C)OC(=O)N1CCC(CCB2OC(C)(C)C(C)(C)O2)(C(=O)OCc2ccccc2)CC1. The zero-order valence-corrected chi connectivity index (χ0v) is 21.8. The first-order chi connectivity index (χ1) is 15.7. The summed E-state index contributed by atoms with van der Waals surface area (Å²) in [5, 5.41) is 0. The Labute approximate surface area is 204 Å². The zero-order chi connectivity index (χ0) is 25.2. The first-order valence-corrected chi connectivity index (χ1v) is 12.3. The number of hydrogen-bond donors (Lipinski definition) is 0. The van der Waals surface area contributed by atoms with Crippen molar-refractivity contribution in [2.45, 2.75) is 97.5 Å². The summed E-state index contributed by atoms with van der Waals surface area (Å²) in [6.07, 6.45) is 1.84. The van der Waals surface area contributed by atoms with Crippen LogP contribution < -0.4 is 0 Å². The molecule has 2 aliphatic heterocycles. The molecule has 0 aliphatic carbocycles. The van der Waals surface area contributed by atoms with E-state index in [2.05, 4.69) is 0 Å². The lowest BCUT2D eigenvalue weighted by Crippen LogP contribution is -2.48. The molecule has 0 bridgehead atoms. The molecular weight excluding hydrogens is 433 g/mol. The van der Waals surface area contributed by atoms with Crippen LogP contribution in [0.4, 0.5) is 4.79 Å². The summed E-state index contributed by atoms with van der Waals surface area (Å²) in [6.45, 7) is 14.8. The van der Waals surface area contributed by atoms with E-state index in [9.17, 15) is 9.59 Å². The second-order valence-electron chi connectivity index (χ2n) is 11.5. The molecule has 7 nitrogen and oxygen atoms in total. The minimum atomic E-state index is -0.698. The molecule has 0 saturated carbocycles. The quantitative estimate of drug-likeness (QED) is 0.416. The van der Waals surface area contributed by atoms with Gasteiger partial charge in [-0.15, -0.1) is 0 Å². The maximum absolute atomic E-state index is 13.4. The highest BCUT2D eigenvalue weighted by Gasteiger charge is 2.52. The van der Waals surface area contributed by atoms with Crippen molar-refractivity contribution >= 4 is 19.2 Å². The average Bonchev–Trinajstić information content (AvgIpc) is 2.96. The van der Waals surface area contributed by atoms with Crippen LogP contribution in [0, 0.1) is 5.41 Å². The molecule has 2 heterocycles. The monoisotopic (exact) mass is 473 g/mol. The van der Waals surface area contributed by atoms with E-state index in [1.165, 1.54) is 0 Å². The number of carbonyl (C=O) groups is 2. The largest absolute Gasteiger partial charge is 0.460 e. The van der Waals surface area contributed by atoms with E-state index in [1.54, 1.807) is 4.90 Å². The van der Waals surface area contributed by atoms with E-state index >= 15 is 0 Å². The van der Waals surface area contributed by atoms with Crippen LogP contribution in [-0.4, -0.2) is 54.0 Å². The lowest BCUT2D eigenvalue weighted by Gasteiger charge is -2.40. The van der Waals surface area contributed by atoms with Crippen molar-refractivity contribution in [3.05, 3.63) is 35.9 Å². The molecule has 188 valence electrons. The molecule has 1 aromatic rings. The number of esters is 1. The molecular formula is C26H40BNO6. The molecule has 8 heteroatoms. The van der Waals surface area contributed by atoms with Crippen molar-refractivity contribution in [1.82, 2.24) is 4.90 Å². The first kappa shape index (κ1) is 26.5.